The van der Waals surface area contributed by atoms with Crippen LogP contribution in [-0.2, 0) is 0 Å². The highest BCUT2D eigenvalue weighted by Gasteiger charge is 2.41. The second kappa shape index (κ2) is 5.53. The van der Waals surface area contributed by atoms with Gasteiger partial charge in [-0.2, -0.15) is 0 Å². The molecule has 5 atom stereocenters. The number of hydrogen-bond acceptors (Lipinski definition) is 1. The average Bonchev–Trinajstić information content (AvgIpc) is 2.31. The molecule has 2 fully saturated rings. The smallest absolute Gasteiger partial charge is 0.0601 e. The van der Waals surface area contributed by atoms with Crippen LogP contribution in [0, 0.1) is 29.1 Å². The maximum Gasteiger partial charge on any atom is 0.0601 e. The first-order chi connectivity index (χ1) is 8.42. The summed E-state index contributed by atoms with van der Waals surface area (Å²) in [5, 5.41) is 10.8. The van der Waals surface area contributed by atoms with Crippen LogP contribution in [0.2, 0.25) is 0 Å². The predicted octanol–water partition coefficient (Wildman–Crippen LogP) is 4.64. The Labute approximate surface area is 113 Å². The molecule has 0 saturated heterocycles. The van der Waals surface area contributed by atoms with E-state index in [0.717, 1.165) is 11.8 Å². The fraction of sp³-hybridized carbons (Fsp3) is 1.00. The van der Waals surface area contributed by atoms with Crippen LogP contribution in [-0.4, -0.2) is 11.2 Å². The van der Waals surface area contributed by atoms with Gasteiger partial charge in [0.25, 0.3) is 0 Å². The van der Waals surface area contributed by atoms with E-state index in [-0.39, 0.29) is 6.10 Å². The molecule has 106 valence electrons. The van der Waals surface area contributed by atoms with Gasteiger partial charge in [-0.25, -0.2) is 0 Å². The van der Waals surface area contributed by atoms with Crippen LogP contribution < -0.4 is 0 Å². The Hall–Kier alpha value is -0.0400. The average molecular weight is 252 g/mol. The zero-order valence-corrected chi connectivity index (χ0v) is 12.8. The molecule has 0 amide bonds. The van der Waals surface area contributed by atoms with E-state index in [1.165, 1.54) is 44.9 Å². The third-order valence-corrected chi connectivity index (χ3v) is 6.12. The van der Waals surface area contributed by atoms with Gasteiger partial charge in [-0.3, -0.25) is 0 Å². The molecule has 0 radical (unpaired) electrons. The van der Waals surface area contributed by atoms with Gasteiger partial charge in [0.15, 0.2) is 0 Å². The summed E-state index contributed by atoms with van der Waals surface area (Å²) in [7, 11) is 0. The fourth-order valence-corrected chi connectivity index (χ4v) is 4.38. The van der Waals surface area contributed by atoms with E-state index in [9.17, 15) is 5.11 Å². The van der Waals surface area contributed by atoms with E-state index < -0.39 is 0 Å². The quantitative estimate of drug-likeness (QED) is 0.759. The molecular weight excluding hydrogens is 220 g/mol. The zero-order valence-electron chi connectivity index (χ0n) is 12.8. The zero-order chi connectivity index (χ0) is 13.3. The molecule has 2 rings (SSSR count). The van der Waals surface area contributed by atoms with Crippen LogP contribution in [0.1, 0.15) is 72.6 Å². The maximum atomic E-state index is 10.8. The molecule has 0 heterocycles. The standard InChI is InChI=1S/C17H32O/c1-12-8-9-14(11-13(12)2)16(18)15-7-5-6-10-17(15,3)4/h12-16,18H,5-11H2,1-4H3. The van der Waals surface area contributed by atoms with Gasteiger partial charge < -0.3 is 5.11 Å². The van der Waals surface area contributed by atoms with Crippen LogP contribution in [0.5, 0.6) is 0 Å². The summed E-state index contributed by atoms with van der Waals surface area (Å²) in [6, 6.07) is 0. The SMILES string of the molecule is CC1CCC(C(O)C2CCCCC2(C)C)CC1C. The van der Waals surface area contributed by atoms with Crippen LogP contribution >= 0.6 is 0 Å². The number of hydrogen-bond donors (Lipinski definition) is 1. The normalized spacial score (nSPS) is 42.5. The summed E-state index contributed by atoms with van der Waals surface area (Å²) in [4.78, 5) is 0. The fourth-order valence-electron chi connectivity index (χ4n) is 4.38. The van der Waals surface area contributed by atoms with E-state index in [1.54, 1.807) is 0 Å². The second-order valence-electron chi connectivity index (χ2n) is 7.86. The highest BCUT2D eigenvalue weighted by Crippen LogP contribution is 2.46. The molecule has 2 aliphatic rings. The lowest BCUT2D eigenvalue weighted by molar-refractivity contribution is -0.0471. The van der Waals surface area contributed by atoms with Crippen LogP contribution in [0.4, 0.5) is 0 Å². The first kappa shape index (κ1) is 14.4. The van der Waals surface area contributed by atoms with Gasteiger partial charge in [-0.1, -0.05) is 47.0 Å². The van der Waals surface area contributed by atoms with Crippen molar-refractivity contribution in [2.24, 2.45) is 29.1 Å². The number of aliphatic hydroxyl groups excluding tert-OH is 1. The lowest BCUT2D eigenvalue weighted by Crippen LogP contribution is -2.42. The molecule has 18 heavy (non-hydrogen) atoms. The third kappa shape index (κ3) is 2.92. The summed E-state index contributed by atoms with van der Waals surface area (Å²) in [5.74, 6) is 2.76. The molecule has 0 spiro atoms. The van der Waals surface area contributed by atoms with E-state index in [1.807, 2.05) is 0 Å². The molecule has 0 aromatic heterocycles. The highest BCUT2D eigenvalue weighted by atomic mass is 16.3. The predicted molar refractivity (Wildman–Crippen MR) is 77.4 cm³/mol. The lowest BCUT2D eigenvalue weighted by atomic mass is 9.62. The van der Waals surface area contributed by atoms with Crippen LogP contribution in [0.25, 0.3) is 0 Å². The molecule has 5 unspecified atom stereocenters. The van der Waals surface area contributed by atoms with Crippen molar-refractivity contribution in [1.82, 2.24) is 0 Å². The summed E-state index contributed by atoms with van der Waals surface area (Å²) in [6.45, 7) is 9.48. The van der Waals surface area contributed by atoms with Crippen molar-refractivity contribution in [3.05, 3.63) is 0 Å². The van der Waals surface area contributed by atoms with Crippen LogP contribution in [0.3, 0.4) is 0 Å². The summed E-state index contributed by atoms with van der Waals surface area (Å²) in [5.41, 5.74) is 0.351. The summed E-state index contributed by atoms with van der Waals surface area (Å²) < 4.78 is 0. The molecular formula is C17H32O. The Kier molecular flexibility index (Phi) is 4.41. The molecule has 0 aliphatic heterocycles. The molecule has 1 nitrogen and oxygen atoms in total. The van der Waals surface area contributed by atoms with Gasteiger partial charge in [0.05, 0.1) is 6.10 Å². The van der Waals surface area contributed by atoms with Gasteiger partial charge in [-0.15, -0.1) is 0 Å². The van der Waals surface area contributed by atoms with Gasteiger partial charge >= 0.3 is 0 Å². The van der Waals surface area contributed by atoms with E-state index in [2.05, 4.69) is 27.7 Å². The Morgan fingerprint density at radius 1 is 1.00 bits per heavy atom. The maximum absolute atomic E-state index is 10.8. The van der Waals surface area contributed by atoms with Gasteiger partial charge in [0.1, 0.15) is 0 Å². The molecule has 1 heteroatoms. The molecule has 2 aliphatic carbocycles. The Bertz CT molecular complexity index is 271. The molecule has 0 aromatic rings. The van der Waals surface area contributed by atoms with E-state index in [0.29, 0.717) is 17.3 Å². The van der Waals surface area contributed by atoms with E-state index in [4.69, 9.17) is 0 Å². The van der Waals surface area contributed by atoms with Gasteiger partial charge in [0, 0.05) is 0 Å². The summed E-state index contributed by atoms with van der Waals surface area (Å²) in [6.07, 6.45) is 8.99. The first-order valence-electron chi connectivity index (χ1n) is 8.10. The van der Waals surface area contributed by atoms with Crippen molar-refractivity contribution in [2.45, 2.75) is 78.7 Å². The van der Waals surface area contributed by atoms with Crippen LogP contribution in [0.15, 0.2) is 0 Å². The minimum atomic E-state index is -0.0461. The topological polar surface area (TPSA) is 20.2 Å². The van der Waals surface area contributed by atoms with Crippen molar-refractivity contribution >= 4 is 0 Å². The van der Waals surface area contributed by atoms with Crippen molar-refractivity contribution in [3.8, 4) is 0 Å². The Morgan fingerprint density at radius 2 is 1.72 bits per heavy atom. The number of rotatable bonds is 2. The van der Waals surface area contributed by atoms with Gasteiger partial charge in [0.2, 0.25) is 0 Å². The Morgan fingerprint density at radius 3 is 2.33 bits per heavy atom. The van der Waals surface area contributed by atoms with Gasteiger partial charge in [-0.05, 0) is 54.8 Å². The minimum Gasteiger partial charge on any atom is -0.393 e. The van der Waals surface area contributed by atoms with Crippen molar-refractivity contribution in [2.75, 3.05) is 0 Å². The monoisotopic (exact) mass is 252 g/mol. The molecule has 0 bridgehead atoms. The number of aliphatic hydroxyl groups is 1. The largest absolute Gasteiger partial charge is 0.393 e. The lowest BCUT2D eigenvalue weighted by Gasteiger charge is -2.45. The Balaban J connectivity index is 2.00. The highest BCUT2D eigenvalue weighted by molar-refractivity contribution is 4.91. The molecule has 2 saturated carbocycles. The van der Waals surface area contributed by atoms with E-state index >= 15 is 0 Å². The molecule has 1 N–H and O–H groups in total. The summed E-state index contributed by atoms with van der Waals surface area (Å²) >= 11 is 0. The minimum absolute atomic E-state index is 0.0461. The first-order valence-corrected chi connectivity index (χ1v) is 8.10. The van der Waals surface area contributed by atoms with Crippen molar-refractivity contribution in [1.29, 1.82) is 0 Å². The third-order valence-electron chi connectivity index (χ3n) is 6.12. The molecule has 0 aromatic carbocycles. The van der Waals surface area contributed by atoms with Crippen molar-refractivity contribution < 1.29 is 5.11 Å². The van der Waals surface area contributed by atoms with Crippen molar-refractivity contribution in [3.63, 3.8) is 0 Å². The second-order valence-corrected chi connectivity index (χ2v) is 7.86.